The zero-order chi connectivity index (χ0) is 12.6. The van der Waals surface area contributed by atoms with Crippen molar-refractivity contribution in [2.75, 3.05) is 5.75 Å². The number of aliphatic carboxylic acids is 1. The van der Waals surface area contributed by atoms with Gasteiger partial charge < -0.3 is 5.11 Å². The molecule has 1 atom stereocenters. The molecule has 0 amide bonds. The molecule has 0 aliphatic carbocycles. The van der Waals surface area contributed by atoms with Gasteiger partial charge in [0.15, 0.2) is 15.1 Å². The van der Waals surface area contributed by atoms with Crippen LogP contribution >= 0.6 is 0 Å². The Morgan fingerprint density at radius 2 is 1.62 bits per heavy atom. The van der Waals surface area contributed by atoms with E-state index in [-0.39, 0.29) is 5.75 Å². The van der Waals surface area contributed by atoms with Crippen molar-refractivity contribution in [1.29, 1.82) is 0 Å². The van der Waals surface area contributed by atoms with Crippen LogP contribution in [-0.2, 0) is 14.6 Å². The number of carboxylic acids is 1. The molecule has 1 unspecified atom stereocenters. The second-order valence-electron chi connectivity index (χ2n) is 4.12. The normalized spacial score (nSPS) is 13.6. The van der Waals surface area contributed by atoms with Crippen LogP contribution in [0.3, 0.4) is 0 Å². The quantitative estimate of drug-likeness (QED) is 0.637. The van der Waals surface area contributed by atoms with Crippen LogP contribution in [-0.4, -0.2) is 30.5 Å². The van der Waals surface area contributed by atoms with E-state index >= 15 is 0 Å². The molecule has 0 aromatic heterocycles. The van der Waals surface area contributed by atoms with Crippen molar-refractivity contribution in [3.8, 4) is 0 Å². The lowest BCUT2D eigenvalue weighted by Crippen LogP contribution is -2.29. The maximum Gasteiger partial charge on any atom is 0.321 e. The smallest absolute Gasteiger partial charge is 0.321 e. The average molecular weight is 250 g/mol. The van der Waals surface area contributed by atoms with Gasteiger partial charge in [0.05, 0.1) is 5.75 Å². The molecule has 0 bridgehead atoms. The third-order valence-electron chi connectivity index (χ3n) is 2.67. The summed E-state index contributed by atoms with van der Waals surface area (Å²) in [5.74, 6) is -1.27. The molecule has 5 heteroatoms. The highest BCUT2D eigenvalue weighted by Crippen LogP contribution is 2.09. The molecule has 96 valence electrons. The zero-order valence-corrected chi connectivity index (χ0v) is 10.9. The first-order valence-electron chi connectivity index (χ1n) is 5.86. The first-order chi connectivity index (χ1) is 7.41. The van der Waals surface area contributed by atoms with Crippen LogP contribution in [0, 0.1) is 0 Å². The fourth-order valence-electron chi connectivity index (χ4n) is 1.41. The summed E-state index contributed by atoms with van der Waals surface area (Å²) >= 11 is 0. The highest BCUT2D eigenvalue weighted by molar-refractivity contribution is 7.92. The van der Waals surface area contributed by atoms with Crippen molar-refractivity contribution in [3.63, 3.8) is 0 Å². The largest absolute Gasteiger partial charge is 0.480 e. The summed E-state index contributed by atoms with van der Waals surface area (Å²) in [4.78, 5) is 10.5. The number of carbonyl (C=O) groups is 1. The van der Waals surface area contributed by atoms with Gasteiger partial charge in [0.2, 0.25) is 0 Å². The van der Waals surface area contributed by atoms with Gasteiger partial charge >= 0.3 is 5.97 Å². The van der Waals surface area contributed by atoms with Crippen LogP contribution in [0.4, 0.5) is 0 Å². The van der Waals surface area contributed by atoms with E-state index in [1.807, 2.05) is 0 Å². The van der Waals surface area contributed by atoms with Crippen LogP contribution in [0.2, 0.25) is 0 Å². The highest BCUT2D eigenvalue weighted by Gasteiger charge is 2.26. The van der Waals surface area contributed by atoms with E-state index in [4.69, 9.17) is 5.11 Å². The van der Waals surface area contributed by atoms with Gasteiger partial charge in [-0.05, 0) is 13.3 Å². The standard InChI is InChI=1S/C11H22O4S/c1-3-4-5-6-7-8-9-16(14,15)10(2)11(12)13/h10H,3-9H2,1-2H3,(H,12,13). The second-order valence-corrected chi connectivity index (χ2v) is 6.56. The SMILES string of the molecule is CCCCCCCCS(=O)(=O)C(C)C(=O)O. The minimum atomic E-state index is -3.45. The Kier molecular flexibility index (Phi) is 7.38. The molecule has 4 nitrogen and oxygen atoms in total. The molecule has 0 saturated heterocycles. The summed E-state index contributed by atoms with van der Waals surface area (Å²) in [6, 6.07) is 0. The average Bonchev–Trinajstić information content (AvgIpc) is 2.22. The van der Waals surface area contributed by atoms with Gasteiger partial charge in [-0.3, -0.25) is 4.79 Å². The van der Waals surface area contributed by atoms with E-state index in [2.05, 4.69) is 6.92 Å². The number of sulfone groups is 1. The number of rotatable bonds is 9. The zero-order valence-electron chi connectivity index (χ0n) is 10.1. The van der Waals surface area contributed by atoms with E-state index in [9.17, 15) is 13.2 Å². The second kappa shape index (κ2) is 7.65. The van der Waals surface area contributed by atoms with Gasteiger partial charge in [0.1, 0.15) is 0 Å². The monoisotopic (exact) mass is 250 g/mol. The predicted molar refractivity (Wildman–Crippen MR) is 64.3 cm³/mol. The number of hydrogen-bond donors (Lipinski definition) is 1. The topological polar surface area (TPSA) is 71.4 Å². The fourth-order valence-corrected chi connectivity index (χ4v) is 2.68. The Balaban J connectivity index is 3.79. The summed E-state index contributed by atoms with van der Waals surface area (Å²) in [5.41, 5.74) is 0. The van der Waals surface area contributed by atoms with Gasteiger partial charge in [-0.15, -0.1) is 0 Å². The van der Waals surface area contributed by atoms with Crippen molar-refractivity contribution < 1.29 is 18.3 Å². The molecule has 0 saturated carbocycles. The summed E-state index contributed by atoms with van der Waals surface area (Å²) in [6.07, 6.45) is 5.94. The maximum atomic E-state index is 11.5. The minimum absolute atomic E-state index is 0.00735. The highest BCUT2D eigenvalue weighted by atomic mass is 32.2. The van der Waals surface area contributed by atoms with E-state index in [0.29, 0.717) is 6.42 Å². The maximum absolute atomic E-state index is 11.5. The van der Waals surface area contributed by atoms with Crippen LogP contribution in [0.1, 0.15) is 52.4 Å². The van der Waals surface area contributed by atoms with E-state index in [0.717, 1.165) is 25.7 Å². The molecule has 0 radical (unpaired) electrons. The Labute approximate surface area is 98.0 Å². The molecule has 0 fully saturated rings. The van der Waals surface area contributed by atoms with Crippen molar-refractivity contribution in [1.82, 2.24) is 0 Å². The third kappa shape index (κ3) is 6.10. The van der Waals surface area contributed by atoms with Crippen molar-refractivity contribution in [2.45, 2.75) is 57.6 Å². The molecular weight excluding hydrogens is 228 g/mol. The fraction of sp³-hybridized carbons (Fsp3) is 0.909. The summed E-state index contributed by atoms with van der Waals surface area (Å²) in [5, 5.41) is 7.34. The lowest BCUT2D eigenvalue weighted by molar-refractivity contribution is -0.136. The van der Waals surface area contributed by atoms with Gasteiger partial charge in [-0.25, -0.2) is 8.42 Å². The van der Waals surface area contributed by atoms with E-state index in [1.54, 1.807) is 0 Å². The Morgan fingerprint density at radius 3 is 2.12 bits per heavy atom. The number of carboxylic acid groups (broad SMARTS) is 1. The van der Waals surface area contributed by atoms with Crippen LogP contribution in [0.25, 0.3) is 0 Å². The first kappa shape index (κ1) is 15.4. The van der Waals surface area contributed by atoms with E-state index < -0.39 is 21.1 Å². The molecule has 1 N–H and O–H groups in total. The van der Waals surface area contributed by atoms with E-state index in [1.165, 1.54) is 13.3 Å². The lowest BCUT2D eigenvalue weighted by Gasteiger charge is -2.07. The summed E-state index contributed by atoms with van der Waals surface area (Å²) in [7, 11) is -3.45. The van der Waals surface area contributed by atoms with Gasteiger partial charge in [-0.2, -0.15) is 0 Å². The van der Waals surface area contributed by atoms with Crippen LogP contribution in [0.5, 0.6) is 0 Å². The molecule has 0 aliphatic heterocycles. The van der Waals surface area contributed by atoms with Crippen molar-refractivity contribution in [2.24, 2.45) is 0 Å². The minimum Gasteiger partial charge on any atom is -0.480 e. The molecule has 0 aromatic carbocycles. The Bertz CT molecular complexity index is 295. The molecule has 16 heavy (non-hydrogen) atoms. The molecule has 0 rings (SSSR count). The van der Waals surface area contributed by atoms with Gasteiger partial charge in [0.25, 0.3) is 0 Å². The summed E-state index contributed by atoms with van der Waals surface area (Å²) in [6.45, 7) is 3.35. The van der Waals surface area contributed by atoms with Crippen LogP contribution < -0.4 is 0 Å². The molecular formula is C11H22O4S. The third-order valence-corrected chi connectivity index (χ3v) is 4.81. The molecule has 0 aliphatic rings. The number of unbranched alkanes of at least 4 members (excludes halogenated alkanes) is 5. The number of hydrogen-bond acceptors (Lipinski definition) is 3. The predicted octanol–water partition coefficient (Wildman–Crippen LogP) is 2.23. The van der Waals surface area contributed by atoms with Gasteiger partial charge in [-0.1, -0.05) is 39.0 Å². The van der Waals surface area contributed by atoms with Crippen molar-refractivity contribution >= 4 is 15.8 Å². The van der Waals surface area contributed by atoms with Crippen LogP contribution in [0.15, 0.2) is 0 Å². The van der Waals surface area contributed by atoms with Crippen molar-refractivity contribution in [3.05, 3.63) is 0 Å². The summed E-state index contributed by atoms with van der Waals surface area (Å²) < 4.78 is 23.0. The molecule has 0 spiro atoms. The molecule has 0 heterocycles. The first-order valence-corrected chi connectivity index (χ1v) is 7.57. The molecule has 0 aromatic rings. The Morgan fingerprint density at radius 1 is 1.12 bits per heavy atom. The lowest BCUT2D eigenvalue weighted by atomic mass is 10.1. The van der Waals surface area contributed by atoms with Gasteiger partial charge in [0, 0.05) is 0 Å². The Hall–Kier alpha value is -0.580.